The van der Waals surface area contributed by atoms with E-state index < -0.39 is 22.0 Å². The van der Waals surface area contributed by atoms with Crippen molar-refractivity contribution >= 4 is 44.4 Å². The van der Waals surface area contributed by atoms with Gasteiger partial charge < -0.3 is 15.2 Å². The Bertz CT molecular complexity index is 1800. The molecule has 2 amide bonds. The van der Waals surface area contributed by atoms with Crippen molar-refractivity contribution in [3.8, 4) is 11.1 Å². The zero-order chi connectivity index (χ0) is 31.6. The van der Waals surface area contributed by atoms with Gasteiger partial charge in [-0.25, -0.2) is 14.2 Å². The molecule has 1 aromatic carbocycles. The number of urea groups is 1. The van der Waals surface area contributed by atoms with Gasteiger partial charge >= 0.3 is 6.03 Å². The zero-order valence-corrected chi connectivity index (χ0v) is 25.6. The van der Waals surface area contributed by atoms with Crippen molar-refractivity contribution in [2.45, 2.75) is 46.6 Å². The minimum atomic E-state index is -3.67. The lowest BCUT2D eigenvalue weighted by Gasteiger charge is -2.15. The number of rotatable bonds is 5. The molecule has 0 fully saturated rings. The van der Waals surface area contributed by atoms with Gasteiger partial charge in [-0.05, 0) is 43.2 Å². The largest absolute Gasteiger partial charge is 0.373 e. The number of aromatic nitrogens is 4. The summed E-state index contributed by atoms with van der Waals surface area (Å²) < 4.78 is 44.0. The molecule has 0 aliphatic heterocycles. The van der Waals surface area contributed by atoms with Crippen molar-refractivity contribution in [3.05, 3.63) is 64.0 Å². The SMILES string of the molecule is CCn1c(=O)c(-c2cc(NC(=O)Nc3cc(C(C)(C)C)nn3C)c(F)cc2C)cc2cnc(NC)cc21.CS(=O)(=O)O. The third-order valence-corrected chi connectivity index (χ3v) is 6.29. The summed E-state index contributed by atoms with van der Waals surface area (Å²) in [6.45, 7) is 10.1. The Labute approximate surface area is 243 Å². The van der Waals surface area contributed by atoms with E-state index in [1.807, 2.05) is 33.8 Å². The fourth-order valence-corrected chi connectivity index (χ4v) is 4.20. The van der Waals surface area contributed by atoms with Crippen molar-refractivity contribution < 1.29 is 22.2 Å². The Balaban J connectivity index is 0.000000892. The zero-order valence-electron chi connectivity index (χ0n) is 24.8. The maximum absolute atomic E-state index is 14.9. The number of amides is 2. The molecule has 0 saturated heterocycles. The lowest BCUT2D eigenvalue weighted by molar-refractivity contribution is 0.262. The molecule has 0 aliphatic carbocycles. The number of benzene rings is 1. The maximum Gasteiger partial charge on any atom is 0.324 e. The lowest BCUT2D eigenvalue weighted by Crippen LogP contribution is -2.23. The fourth-order valence-electron chi connectivity index (χ4n) is 4.20. The Morgan fingerprint density at radius 3 is 2.29 bits per heavy atom. The predicted octanol–water partition coefficient (Wildman–Crippen LogP) is 4.75. The van der Waals surface area contributed by atoms with Gasteiger partial charge in [0.05, 0.1) is 23.2 Å². The molecule has 3 heterocycles. The first-order valence-electron chi connectivity index (χ1n) is 13.0. The van der Waals surface area contributed by atoms with Gasteiger partial charge in [-0.15, -0.1) is 0 Å². The van der Waals surface area contributed by atoms with E-state index in [9.17, 15) is 22.4 Å². The Morgan fingerprint density at radius 1 is 1.10 bits per heavy atom. The van der Waals surface area contributed by atoms with Crippen molar-refractivity contribution in [2.24, 2.45) is 7.05 Å². The third kappa shape index (κ3) is 7.70. The highest BCUT2D eigenvalue weighted by molar-refractivity contribution is 7.85. The fraction of sp³-hybridized carbons (Fsp3) is 0.357. The first kappa shape index (κ1) is 32.2. The molecule has 226 valence electrons. The monoisotopic (exact) mass is 601 g/mol. The molecule has 0 unspecified atom stereocenters. The predicted molar refractivity (Wildman–Crippen MR) is 163 cm³/mol. The molecule has 42 heavy (non-hydrogen) atoms. The van der Waals surface area contributed by atoms with Gasteiger partial charge in [0.15, 0.2) is 0 Å². The minimum Gasteiger partial charge on any atom is -0.373 e. The number of pyridine rings is 2. The van der Waals surface area contributed by atoms with Crippen LogP contribution in [-0.2, 0) is 29.1 Å². The van der Waals surface area contributed by atoms with Gasteiger partial charge in [-0.1, -0.05) is 20.8 Å². The Kier molecular flexibility index (Phi) is 9.42. The van der Waals surface area contributed by atoms with Gasteiger partial charge in [0.2, 0.25) is 0 Å². The second-order valence-electron chi connectivity index (χ2n) is 10.7. The first-order valence-corrected chi connectivity index (χ1v) is 14.8. The van der Waals surface area contributed by atoms with E-state index in [0.29, 0.717) is 41.1 Å². The quantitative estimate of drug-likeness (QED) is 0.238. The number of nitrogens with zero attached hydrogens (tertiary/aromatic N) is 4. The summed E-state index contributed by atoms with van der Waals surface area (Å²) in [5.74, 6) is 0.526. The molecule has 0 saturated carbocycles. The summed E-state index contributed by atoms with van der Waals surface area (Å²) >= 11 is 0. The standard InChI is InChI=1S/C27H32FN7O2.CH4O3S/c1-8-35-21-12-23(29-6)30-14-16(21)10-18(25(35)36)17-11-20(19(28)9-15(17)2)31-26(37)32-24-13-22(27(3,4)5)33-34(24)7;1-5(2,3)4/h9-14H,8H2,1-7H3,(H,29,30)(H2,31,32,37);1H3,(H,2,3,4). The second kappa shape index (κ2) is 12.3. The molecule has 3 aromatic heterocycles. The third-order valence-electron chi connectivity index (χ3n) is 6.29. The van der Waals surface area contributed by atoms with Crippen LogP contribution in [0.1, 0.15) is 39.0 Å². The molecule has 0 atom stereocenters. The molecule has 14 heteroatoms. The van der Waals surface area contributed by atoms with Crippen LogP contribution in [0, 0.1) is 12.7 Å². The Hall–Kier alpha value is -4.30. The molecule has 4 N–H and O–H groups in total. The minimum absolute atomic E-state index is 0.0393. The van der Waals surface area contributed by atoms with Gasteiger partial charge in [-0.3, -0.25) is 19.3 Å². The molecule has 0 bridgehead atoms. The van der Waals surface area contributed by atoms with E-state index in [4.69, 9.17) is 4.55 Å². The topological polar surface area (TPSA) is 160 Å². The molecule has 4 aromatic rings. The van der Waals surface area contributed by atoms with Gasteiger partial charge in [-0.2, -0.15) is 13.5 Å². The van der Waals surface area contributed by atoms with Crippen molar-refractivity contribution in [1.29, 1.82) is 0 Å². The highest BCUT2D eigenvalue weighted by Crippen LogP contribution is 2.30. The number of carbonyl (C=O) groups is 1. The number of aryl methyl sites for hydroxylation is 3. The number of fused-ring (bicyclic) bond motifs is 1. The van der Waals surface area contributed by atoms with Crippen molar-refractivity contribution in [1.82, 2.24) is 19.3 Å². The number of carbonyl (C=O) groups excluding carboxylic acids is 1. The van der Waals surface area contributed by atoms with Gasteiger partial charge in [0.25, 0.3) is 15.7 Å². The van der Waals surface area contributed by atoms with Gasteiger partial charge in [0, 0.05) is 55.3 Å². The van der Waals surface area contributed by atoms with Crippen molar-refractivity contribution in [2.75, 3.05) is 29.3 Å². The number of nitrogens with one attached hydrogen (secondary N) is 3. The maximum atomic E-state index is 14.9. The lowest BCUT2D eigenvalue weighted by atomic mass is 9.92. The van der Waals surface area contributed by atoms with Crippen LogP contribution in [0.3, 0.4) is 0 Å². The van der Waals surface area contributed by atoms with Crippen LogP contribution >= 0.6 is 0 Å². The van der Waals surface area contributed by atoms with Crippen LogP contribution in [0.4, 0.5) is 26.5 Å². The number of anilines is 3. The van der Waals surface area contributed by atoms with E-state index in [2.05, 4.69) is 26.0 Å². The summed E-state index contributed by atoms with van der Waals surface area (Å²) in [5, 5.41) is 13.5. The van der Waals surface area contributed by atoms with E-state index >= 15 is 0 Å². The highest BCUT2D eigenvalue weighted by Gasteiger charge is 2.21. The van der Waals surface area contributed by atoms with E-state index in [1.54, 1.807) is 48.6 Å². The second-order valence-corrected chi connectivity index (χ2v) is 12.2. The Morgan fingerprint density at radius 2 is 1.74 bits per heavy atom. The highest BCUT2D eigenvalue weighted by atomic mass is 32.2. The van der Waals surface area contributed by atoms with Crippen LogP contribution in [0.5, 0.6) is 0 Å². The van der Waals surface area contributed by atoms with E-state index in [0.717, 1.165) is 16.6 Å². The molecule has 4 rings (SSSR count). The number of hydrogen-bond donors (Lipinski definition) is 4. The van der Waals surface area contributed by atoms with Crippen LogP contribution in [0.2, 0.25) is 0 Å². The smallest absolute Gasteiger partial charge is 0.324 e. The molecule has 0 spiro atoms. The normalized spacial score (nSPS) is 11.6. The summed E-state index contributed by atoms with van der Waals surface area (Å²) in [6.07, 6.45) is 2.41. The summed E-state index contributed by atoms with van der Waals surface area (Å²) in [6, 6.07) is 7.55. The van der Waals surface area contributed by atoms with Gasteiger partial charge in [0.1, 0.15) is 17.5 Å². The van der Waals surface area contributed by atoms with Crippen molar-refractivity contribution in [3.63, 3.8) is 0 Å². The molecular weight excluding hydrogens is 565 g/mol. The average molecular weight is 602 g/mol. The first-order chi connectivity index (χ1) is 19.4. The summed E-state index contributed by atoms with van der Waals surface area (Å²) in [7, 11) is -0.177. The molecule has 0 aliphatic rings. The molecular formula is C28H36FN7O5S. The van der Waals surface area contributed by atoms with Crippen LogP contribution < -0.4 is 21.5 Å². The van der Waals surface area contributed by atoms with Crippen LogP contribution in [0.25, 0.3) is 22.0 Å². The number of halogens is 1. The molecule has 0 radical (unpaired) electrons. The molecule has 12 nitrogen and oxygen atoms in total. The van der Waals surface area contributed by atoms with E-state index in [-0.39, 0.29) is 16.7 Å². The summed E-state index contributed by atoms with van der Waals surface area (Å²) in [4.78, 5) is 30.6. The van der Waals surface area contributed by atoms with Crippen LogP contribution in [0.15, 0.2) is 41.3 Å². The van der Waals surface area contributed by atoms with E-state index in [1.165, 1.54) is 12.1 Å². The summed E-state index contributed by atoms with van der Waals surface area (Å²) in [5.41, 5.74) is 2.62. The van der Waals surface area contributed by atoms with Crippen LogP contribution in [-0.4, -0.2) is 51.6 Å². The average Bonchev–Trinajstić information content (AvgIpc) is 3.24. The number of hydrogen-bond acceptors (Lipinski definition) is 7.